The van der Waals surface area contributed by atoms with E-state index in [-0.39, 0.29) is 0 Å². The van der Waals surface area contributed by atoms with Crippen molar-refractivity contribution in [1.82, 2.24) is 0 Å². The molecule has 0 aliphatic carbocycles. The molecule has 0 amide bonds. The first-order valence-electron chi connectivity index (χ1n) is 7.72. The first-order chi connectivity index (χ1) is 10.7. The second-order valence-corrected chi connectivity index (χ2v) is 8.30. The van der Waals surface area contributed by atoms with Gasteiger partial charge in [0.2, 0.25) is 0 Å². The Morgan fingerprint density at radius 1 is 0.909 bits per heavy atom. The van der Waals surface area contributed by atoms with Crippen molar-refractivity contribution in [3.63, 3.8) is 0 Å². The van der Waals surface area contributed by atoms with Gasteiger partial charge in [0.25, 0.3) is 0 Å². The molecular weight excluding hydrogens is 288 g/mol. The largest absolute Gasteiger partial charge is 0.407 e. The lowest BCUT2D eigenvalue weighted by atomic mass is 10.3. The second kappa shape index (κ2) is 8.08. The second-order valence-electron chi connectivity index (χ2n) is 5.34. The zero-order valence-electron chi connectivity index (χ0n) is 13.4. The van der Waals surface area contributed by atoms with Gasteiger partial charge in [-0.1, -0.05) is 66.2 Å². The van der Waals surface area contributed by atoms with Crippen molar-refractivity contribution in [3.05, 3.63) is 72.8 Å². The lowest BCUT2D eigenvalue weighted by molar-refractivity contribution is 0.201. The smallest absolute Gasteiger partial charge is 0.388 e. The molecule has 0 heterocycles. The molecule has 0 saturated heterocycles. The molecule has 0 aliphatic rings. The van der Waals surface area contributed by atoms with E-state index in [9.17, 15) is 0 Å². The van der Waals surface area contributed by atoms with Crippen LogP contribution in [0.3, 0.4) is 0 Å². The summed E-state index contributed by atoms with van der Waals surface area (Å²) in [6.07, 6.45) is 0.849. The summed E-state index contributed by atoms with van der Waals surface area (Å²) in [6.45, 7) is 9.27. The lowest BCUT2D eigenvalue weighted by Gasteiger charge is -2.31. The molecule has 3 heteroatoms. The highest BCUT2D eigenvalue weighted by molar-refractivity contribution is 6.92. The van der Waals surface area contributed by atoms with Gasteiger partial charge in [-0.3, -0.25) is 0 Å². The molecule has 2 aromatic rings. The first-order valence-corrected chi connectivity index (χ1v) is 9.54. The van der Waals surface area contributed by atoms with Gasteiger partial charge in [0.1, 0.15) is 0 Å². The summed E-state index contributed by atoms with van der Waals surface area (Å²) >= 11 is 0. The molecule has 116 valence electrons. The molecule has 0 spiro atoms. The van der Waals surface area contributed by atoms with E-state index >= 15 is 0 Å². The van der Waals surface area contributed by atoms with Crippen LogP contribution in [0.2, 0.25) is 0 Å². The number of hydrogen-bond donors (Lipinski definition) is 0. The summed E-state index contributed by atoms with van der Waals surface area (Å²) in [5, 5.41) is 2.29. The normalized spacial score (nSPS) is 11.4. The van der Waals surface area contributed by atoms with Crippen LogP contribution in [0.1, 0.15) is 20.3 Å². The minimum Gasteiger partial charge on any atom is -0.388 e. The Kier molecular flexibility index (Phi) is 6.13. The number of benzene rings is 2. The first kappa shape index (κ1) is 16.7. The molecule has 0 fully saturated rings. The van der Waals surface area contributed by atoms with Crippen molar-refractivity contribution in [2.24, 2.45) is 0 Å². The highest BCUT2D eigenvalue weighted by Crippen LogP contribution is 2.11. The topological polar surface area (TPSA) is 18.5 Å². The van der Waals surface area contributed by atoms with Gasteiger partial charge in [-0.05, 0) is 30.6 Å². The van der Waals surface area contributed by atoms with Crippen molar-refractivity contribution in [2.45, 2.75) is 20.3 Å². The van der Waals surface area contributed by atoms with Crippen LogP contribution in [-0.2, 0) is 8.85 Å². The molecule has 0 radical (unpaired) electrons. The van der Waals surface area contributed by atoms with Crippen molar-refractivity contribution < 1.29 is 8.85 Å². The van der Waals surface area contributed by atoms with Crippen LogP contribution in [0.25, 0.3) is 0 Å². The van der Waals surface area contributed by atoms with Crippen LogP contribution < -0.4 is 10.4 Å². The SMILES string of the molecule is C=C(C)CCO[Si](OCC)(c1ccccc1)c1ccccc1. The molecule has 2 aromatic carbocycles. The van der Waals surface area contributed by atoms with Gasteiger partial charge in [0, 0.05) is 13.2 Å². The zero-order chi connectivity index (χ0) is 15.8. The maximum atomic E-state index is 6.41. The zero-order valence-corrected chi connectivity index (χ0v) is 14.4. The molecule has 0 unspecified atom stereocenters. The monoisotopic (exact) mass is 312 g/mol. The van der Waals surface area contributed by atoms with Gasteiger partial charge in [0.05, 0.1) is 0 Å². The highest BCUT2D eigenvalue weighted by atomic mass is 28.4. The Morgan fingerprint density at radius 3 is 1.82 bits per heavy atom. The molecule has 0 aromatic heterocycles. The molecular formula is C19H24O2Si. The molecule has 0 bridgehead atoms. The Labute approximate surface area is 134 Å². The van der Waals surface area contributed by atoms with Crippen molar-refractivity contribution >= 4 is 18.9 Å². The number of rotatable bonds is 8. The Hall–Kier alpha value is -1.68. The molecule has 22 heavy (non-hydrogen) atoms. The molecule has 0 aliphatic heterocycles. The molecule has 0 saturated carbocycles. The van der Waals surface area contributed by atoms with Gasteiger partial charge in [0.15, 0.2) is 0 Å². The number of hydrogen-bond acceptors (Lipinski definition) is 2. The van der Waals surface area contributed by atoms with Crippen LogP contribution in [0, 0.1) is 0 Å². The van der Waals surface area contributed by atoms with Gasteiger partial charge >= 0.3 is 8.56 Å². The minimum absolute atomic E-state index is 0.628. The van der Waals surface area contributed by atoms with Crippen LogP contribution in [0.5, 0.6) is 0 Å². The fraction of sp³-hybridized carbons (Fsp3) is 0.263. The van der Waals surface area contributed by atoms with E-state index < -0.39 is 8.56 Å². The summed E-state index contributed by atoms with van der Waals surface area (Å²) in [5.74, 6) is 0. The van der Waals surface area contributed by atoms with E-state index in [0.717, 1.165) is 22.4 Å². The third-order valence-electron chi connectivity index (χ3n) is 3.49. The maximum absolute atomic E-state index is 6.41. The van der Waals surface area contributed by atoms with Crippen LogP contribution >= 0.6 is 0 Å². The lowest BCUT2D eigenvalue weighted by Crippen LogP contribution is -2.63. The van der Waals surface area contributed by atoms with Crippen LogP contribution in [0.15, 0.2) is 72.8 Å². The standard InChI is InChI=1S/C19H24O2Si/c1-4-20-22(21-16-15-17(2)3,18-11-7-5-8-12-18)19-13-9-6-10-14-19/h5-14H,2,4,15-16H2,1,3H3. The van der Waals surface area contributed by atoms with Crippen molar-refractivity contribution in [3.8, 4) is 0 Å². The van der Waals surface area contributed by atoms with Gasteiger partial charge < -0.3 is 8.85 Å². The fourth-order valence-corrected chi connectivity index (χ4v) is 5.57. The van der Waals surface area contributed by atoms with E-state index in [0.29, 0.717) is 13.2 Å². The molecule has 0 atom stereocenters. The average molecular weight is 312 g/mol. The Balaban J connectivity index is 2.42. The Morgan fingerprint density at radius 2 is 1.41 bits per heavy atom. The van der Waals surface area contributed by atoms with E-state index in [1.165, 1.54) is 0 Å². The highest BCUT2D eigenvalue weighted by Gasteiger charge is 2.42. The molecule has 2 nitrogen and oxygen atoms in total. The fourth-order valence-electron chi connectivity index (χ4n) is 2.43. The molecule has 0 N–H and O–H groups in total. The van der Waals surface area contributed by atoms with Crippen molar-refractivity contribution in [1.29, 1.82) is 0 Å². The van der Waals surface area contributed by atoms with Crippen LogP contribution in [0.4, 0.5) is 0 Å². The predicted octanol–water partition coefficient (Wildman–Crippen LogP) is 3.26. The van der Waals surface area contributed by atoms with E-state index in [1.807, 2.05) is 50.2 Å². The Bertz CT molecular complexity index is 541. The van der Waals surface area contributed by atoms with E-state index in [1.54, 1.807) is 0 Å². The third-order valence-corrected chi connectivity index (χ3v) is 6.98. The van der Waals surface area contributed by atoms with Gasteiger partial charge in [-0.2, -0.15) is 0 Å². The van der Waals surface area contributed by atoms with E-state index in [4.69, 9.17) is 8.85 Å². The van der Waals surface area contributed by atoms with Gasteiger partial charge in [-0.25, -0.2) is 0 Å². The quantitative estimate of drug-likeness (QED) is 0.550. The molecule has 2 rings (SSSR count). The predicted molar refractivity (Wildman–Crippen MR) is 94.9 cm³/mol. The maximum Gasteiger partial charge on any atom is 0.407 e. The summed E-state index contributed by atoms with van der Waals surface area (Å²) in [4.78, 5) is 0. The average Bonchev–Trinajstić information content (AvgIpc) is 2.55. The van der Waals surface area contributed by atoms with Crippen molar-refractivity contribution in [2.75, 3.05) is 13.2 Å². The summed E-state index contributed by atoms with van der Waals surface area (Å²) in [6, 6.07) is 20.6. The summed E-state index contributed by atoms with van der Waals surface area (Å²) < 4.78 is 12.7. The van der Waals surface area contributed by atoms with E-state index in [2.05, 4.69) is 30.8 Å². The third kappa shape index (κ3) is 3.94. The summed E-state index contributed by atoms with van der Waals surface area (Å²) in [5.41, 5.74) is 1.13. The van der Waals surface area contributed by atoms with Crippen LogP contribution in [-0.4, -0.2) is 21.8 Å². The minimum atomic E-state index is -2.66. The summed E-state index contributed by atoms with van der Waals surface area (Å²) in [7, 11) is -2.66. The van der Waals surface area contributed by atoms with Gasteiger partial charge in [-0.15, -0.1) is 6.58 Å².